The minimum absolute atomic E-state index is 0.0508. The van der Waals surface area contributed by atoms with Gasteiger partial charge in [0.25, 0.3) is 0 Å². The van der Waals surface area contributed by atoms with Gasteiger partial charge in [-0.15, -0.1) is 5.10 Å². The fraction of sp³-hybridized carbons (Fsp3) is 0.300. The van der Waals surface area contributed by atoms with E-state index < -0.39 is 5.60 Å². The molecule has 1 saturated heterocycles. The second-order valence-corrected chi connectivity index (χ2v) is 7.08. The molecule has 2 aliphatic heterocycles. The summed E-state index contributed by atoms with van der Waals surface area (Å²) >= 11 is 0. The van der Waals surface area contributed by atoms with Gasteiger partial charge >= 0.3 is 5.97 Å². The van der Waals surface area contributed by atoms with E-state index in [0.717, 1.165) is 29.4 Å². The monoisotopic (exact) mass is 362 g/mol. The molecule has 136 valence electrons. The first kappa shape index (κ1) is 16.0. The maximum atomic E-state index is 12.9. The van der Waals surface area contributed by atoms with Crippen molar-refractivity contribution in [1.82, 2.24) is 19.9 Å². The molecule has 27 heavy (non-hydrogen) atoms. The van der Waals surface area contributed by atoms with Gasteiger partial charge in [0.05, 0.1) is 17.6 Å². The summed E-state index contributed by atoms with van der Waals surface area (Å²) in [6.07, 6.45) is 1.51. The predicted molar refractivity (Wildman–Crippen MR) is 96.9 cm³/mol. The average molecular weight is 362 g/mol. The normalized spacial score (nSPS) is 21.5. The number of hydrogen-bond acceptors (Lipinski definition) is 5. The molecule has 7 heteroatoms. The average Bonchev–Trinajstić information content (AvgIpc) is 3.22. The number of carbonyl (C=O) groups excluding carboxylic acids is 2. The number of ether oxygens (including phenoxy) is 1. The van der Waals surface area contributed by atoms with Crippen molar-refractivity contribution in [3.8, 4) is 0 Å². The molecule has 5 rings (SSSR count). The third-order valence-corrected chi connectivity index (χ3v) is 5.44. The summed E-state index contributed by atoms with van der Waals surface area (Å²) in [5, 5.41) is 8.20. The van der Waals surface area contributed by atoms with Crippen LogP contribution in [0.25, 0.3) is 11.0 Å². The number of aromatic nitrogens is 3. The van der Waals surface area contributed by atoms with Crippen molar-refractivity contribution in [2.45, 2.75) is 25.0 Å². The van der Waals surface area contributed by atoms with Gasteiger partial charge in [0.15, 0.2) is 5.60 Å². The van der Waals surface area contributed by atoms with Crippen LogP contribution in [0.1, 0.15) is 28.8 Å². The number of likely N-dealkylation sites (tertiary alicyclic amines) is 1. The summed E-state index contributed by atoms with van der Waals surface area (Å²) in [6.45, 7) is 1.14. The van der Waals surface area contributed by atoms with E-state index in [2.05, 4.69) is 10.3 Å². The molecular formula is C20H18N4O3. The Balaban J connectivity index is 1.40. The van der Waals surface area contributed by atoms with Crippen LogP contribution >= 0.6 is 0 Å². The number of fused-ring (bicyclic) bond motifs is 3. The quantitative estimate of drug-likeness (QED) is 0.653. The fourth-order valence-electron chi connectivity index (χ4n) is 4.15. The SMILES string of the molecule is O=C1OC2(CCCN(C(=O)Cn3nnc4ccccc43)C2)c2ccccc21. The lowest BCUT2D eigenvalue weighted by molar-refractivity contribution is -0.139. The van der Waals surface area contributed by atoms with Crippen molar-refractivity contribution in [2.24, 2.45) is 0 Å². The van der Waals surface area contributed by atoms with E-state index in [0.29, 0.717) is 18.7 Å². The summed E-state index contributed by atoms with van der Waals surface area (Å²) in [4.78, 5) is 27.0. The standard InChI is InChI=1S/C20H18N4O3/c25-18(12-24-17-9-4-3-8-16(17)21-22-24)23-11-5-10-20(13-23)15-7-2-1-6-14(15)19(26)27-20/h1-4,6-9H,5,10-13H2. The minimum atomic E-state index is -0.730. The first-order valence-corrected chi connectivity index (χ1v) is 9.05. The van der Waals surface area contributed by atoms with Gasteiger partial charge in [-0.05, 0) is 31.0 Å². The molecule has 0 bridgehead atoms. The summed E-state index contributed by atoms with van der Waals surface area (Å²) in [5.74, 6) is -0.354. The van der Waals surface area contributed by atoms with Crippen LogP contribution < -0.4 is 0 Å². The zero-order chi connectivity index (χ0) is 18.4. The van der Waals surface area contributed by atoms with Crippen molar-refractivity contribution in [2.75, 3.05) is 13.1 Å². The molecule has 7 nitrogen and oxygen atoms in total. The summed E-state index contributed by atoms with van der Waals surface area (Å²) in [5.41, 5.74) is 2.36. The van der Waals surface area contributed by atoms with Gasteiger partial charge in [-0.2, -0.15) is 0 Å². The molecule has 1 atom stereocenters. The third kappa shape index (κ3) is 2.50. The summed E-state index contributed by atoms with van der Waals surface area (Å²) in [6, 6.07) is 15.0. The Morgan fingerprint density at radius 3 is 2.89 bits per heavy atom. The largest absolute Gasteiger partial charge is 0.449 e. The molecule has 1 aromatic heterocycles. The van der Waals surface area contributed by atoms with Crippen LogP contribution in [0.15, 0.2) is 48.5 Å². The van der Waals surface area contributed by atoms with E-state index in [-0.39, 0.29) is 18.4 Å². The van der Waals surface area contributed by atoms with Gasteiger partial charge < -0.3 is 9.64 Å². The van der Waals surface area contributed by atoms with Gasteiger partial charge in [-0.1, -0.05) is 35.5 Å². The Kier molecular flexibility index (Phi) is 3.50. The number of piperidine rings is 1. The number of benzene rings is 2. The molecule has 1 spiro atoms. The molecule has 1 unspecified atom stereocenters. The molecule has 0 N–H and O–H groups in total. The van der Waals surface area contributed by atoms with Gasteiger partial charge in [0, 0.05) is 12.1 Å². The topological polar surface area (TPSA) is 77.3 Å². The molecule has 0 aliphatic carbocycles. The van der Waals surface area contributed by atoms with Gasteiger partial charge in [-0.3, -0.25) is 4.79 Å². The highest BCUT2D eigenvalue weighted by Gasteiger charge is 2.48. The highest BCUT2D eigenvalue weighted by atomic mass is 16.6. The second-order valence-electron chi connectivity index (χ2n) is 7.08. The van der Waals surface area contributed by atoms with Crippen LogP contribution in [0, 0.1) is 0 Å². The number of esters is 1. The van der Waals surface area contributed by atoms with E-state index in [1.165, 1.54) is 0 Å². The number of nitrogens with zero attached hydrogens (tertiary/aromatic N) is 4. The highest BCUT2D eigenvalue weighted by molar-refractivity contribution is 5.95. The van der Waals surface area contributed by atoms with E-state index in [4.69, 9.17) is 4.74 Å². The fourth-order valence-corrected chi connectivity index (χ4v) is 4.15. The predicted octanol–water partition coefficient (Wildman–Crippen LogP) is 2.12. The molecule has 2 aliphatic rings. The van der Waals surface area contributed by atoms with E-state index in [1.807, 2.05) is 42.5 Å². The van der Waals surface area contributed by atoms with Crippen LogP contribution in [-0.2, 0) is 21.7 Å². The Labute approximate surface area is 155 Å². The Morgan fingerprint density at radius 1 is 1.15 bits per heavy atom. The first-order valence-electron chi connectivity index (χ1n) is 9.05. The van der Waals surface area contributed by atoms with Crippen molar-refractivity contribution < 1.29 is 14.3 Å². The lowest BCUT2D eigenvalue weighted by Crippen LogP contribution is -2.49. The number of rotatable bonds is 2. The maximum Gasteiger partial charge on any atom is 0.339 e. The molecule has 1 fully saturated rings. The van der Waals surface area contributed by atoms with Crippen LogP contribution in [0.4, 0.5) is 0 Å². The highest BCUT2D eigenvalue weighted by Crippen LogP contribution is 2.42. The van der Waals surface area contributed by atoms with Gasteiger partial charge in [-0.25, -0.2) is 9.48 Å². The number of carbonyl (C=O) groups is 2. The van der Waals surface area contributed by atoms with Crippen molar-refractivity contribution in [3.05, 3.63) is 59.7 Å². The third-order valence-electron chi connectivity index (χ3n) is 5.44. The molecule has 0 radical (unpaired) electrons. The summed E-state index contributed by atoms with van der Waals surface area (Å²) < 4.78 is 7.40. The number of hydrogen-bond donors (Lipinski definition) is 0. The second kappa shape index (κ2) is 5.90. The molecule has 2 aromatic carbocycles. The first-order chi connectivity index (χ1) is 13.2. The van der Waals surface area contributed by atoms with Gasteiger partial charge in [0.2, 0.25) is 5.91 Å². The Bertz CT molecular complexity index is 1060. The molecular weight excluding hydrogens is 344 g/mol. The maximum absolute atomic E-state index is 12.9. The molecule has 3 heterocycles. The van der Waals surface area contributed by atoms with Crippen molar-refractivity contribution in [1.29, 1.82) is 0 Å². The summed E-state index contributed by atoms with van der Waals surface area (Å²) in [7, 11) is 0. The van der Waals surface area contributed by atoms with Crippen LogP contribution in [0.3, 0.4) is 0 Å². The Morgan fingerprint density at radius 2 is 1.96 bits per heavy atom. The molecule has 1 amide bonds. The van der Waals surface area contributed by atoms with Crippen LogP contribution in [0.5, 0.6) is 0 Å². The smallest absolute Gasteiger partial charge is 0.339 e. The molecule has 0 saturated carbocycles. The zero-order valence-corrected chi connectivity index (χ0v) is 14.7. The van der Waals surface area contributed by atoms with E-state index in [9.17, 15) is 9.59 Å². The van der Waals surface area contributed by atoms with Gasteiger partial charge in [0.1, 0.15) is 12.1 Å². The lowest BCUT2D eigenvalue weighted by Gasteiger charge is -2.39. The van der Waals surface area contributed by atoms with Crippen molar-refractivity contribution in [3.63, 3.8) is 0 Å². The van der Waals surface area contributed by atoms with Crippen molar-refractivity contribution >= 4 is 22.9 Å². The number of para-hydroxylation sites is 1. The lowest BCUT2D eigenvalue weighted by atomic mass is 9.85. The number of amides is 1. The minimum Gasteiger partial charge on any atom is -0.449 e. The molecule has 3 aromatic rings. The zero-order valence-electron chi connectivity index (χ0n) is 14.7. The van der Waals surface area contributed by atoms with E-state index in [1.54, 1.807) is 15.6 Å². The van der Waals surface area contributed by atoms with E-state index >= 15 is 0 Å². The Hall–Kier alpha value is -3.22. The van der Waals surface area contributed by atoms with Crippen LogP contribution in [-0.4, -0.2) is 44.9 Å². The van der Waals surface area contributed by atoms with Crippen LogP contribution in [0.2, 0.25) is 0 Å².